The van der Waals surface area contributed by atoms with Gasteiger partial charge in [0.25, 0.3) is 0 Å². The van der Waals surface area contributed by atoms with Crippen molar-refractivity contribution in [3.05, 3.63) is 48.8 Å². The molecule has 1 aromatic carbocycles. The van der Waals surface area contributed by atoms with Crippen molar-refractivity contribution in [2.45, 2.75) is 0 Å². The monoisotopic (exact) mass is 430 g/mol. The standard InChI is InChI=1S/C12H8N2.CO.ClH.Re/c1-3-9-5-6-10-4-2-8-14-12(10)11(9)13-7-1;1-2;;/h1-8H;;1H;/q;-1;;+1/p-1. The number of aromatic nitrogens is 2. The quantitative estimate of drug-likeness (QED) is 0.407. The Kier molecular flexibility index (Phi) is 6.45. The second kappa shape index (κ2) is 7.89. The summed E-state index contributed by atoms with van der Waals surface area (Å²) < 4.78 is 0. The molecule has 5 heteroatoms. The van der Waals surface area contributed by atoms with Crippen LogP contribution in [0.15, 0.2) is 48.8 Å². The first-order valence-corrected chi connectivity index (χ1v) is 8.25. The van der Waals surface area contributed by atoms with E-state index < -0.39 is 0 Å². The van der Waals surface area contributed by atoms with Crippen LogP contribution in [0.1, 0.15) is 0 Å². The maximum atomic E-state index is 7.50. The summed E-state index contributed by atoms with van der Waals surface area (Å²) in [7, 11) is 4.69. The van der Waals surface area contributed by atoms with E-state index in [-0.39, 0.29) is 0 Å². The molecule has 91 valence electrons. The van der Waals surface area contributed by atoms with Crippen molar-refractivity contribution >= 4 is 38.1 Å². The molecule has 0 saturated carbocycles. The van der Waals surface area contributed by atoms with Crippen LogP contribution in [0.5, 0.6) is 0 Å². The van der Waals surface area contributed by atoms with Gasteiger partial charge < -0.3 is 11.6 Å². The molecule has 3 rings (SSSR count). The van der Waals surface area contributed by atoms with Gasteiger partial charge in [0.15, 0.2) is 0 Å². The minimum atomic E-state index is 0.977. The van der Waals surface area contributed by atoms with E-state index >= 15 is 0 Å². The molecular weight excluding hydrogens is 422 g/mol. The molecule has 0 fully saturated rings. The van der Waals surface area contributed by atoms with Crippen molar-refractivity contribution in [2.24, 2.45) is 0 Å². The fourth-order valence-electron chi connectivity index (χ4n) is 1.68. The normalized spacial score (nSPS) is 9.00. The maximum Gasteiger partial charge on any atom is 0.0964 e. The molecule has 3 nitrogen and oxygen atoms in total. The molecule has 2 aromatic heterocycles. The van der Waals surface area contributed by atoms with E-state index in [1.807, 2.05) is 12.1 Å². The number of rotatable bonds is 0. The molecule has 1 radical (unpaired) electrons. The van der Waals surface area contributed by atoms with Gasteiger partial charge in [0.2, 0.25) is 0 Å². The zero-order chi connectivity index (χ0) is 13.4. The summed E-state index contributed by atoms with van der Waals surface area (Å²) in [6.07, 6.45) is 3.60. The van der Waals surface area contributed by atoms with Gasteiger partial charge in [-0.15, -0.1) is 0 Å². The first-order chi connectivity index (χ1) is 8.95. The number of halogens is 1. The predicted octanol–water partition coefficient (Wildman–Crippen LogP) is 3.07. The van der Waals surface area contributed by atoms with Gasteiger partial charge in [-0.3, -0.25) is 9.97 Å². The molecule has 3 aromatic rings. The third kappa shape index (κ3) is 3.11. The number of nitrogens with zero attached hydrogens (tertiary/aromatic N) is 2. The van der Waals surface area contributed by atoms with Gasteiger partial charge >= 0.3 is 27.7 Å². The Hall–Kier alpha value is -1.34. The van der Waals surface area contributed by atoms with E-state index in [4.69, 9.17) is 14.3 Å². The second-order valence-electron chi connectivity index (χ2n) is 3.22. The molecule has 0 aliphatic rings. The van der Waals surface area contributed by atoms with Gasteiger partial charge in [-0.05, 0) is 12.1 Å². The molecule has 0 aliphatic heterocycles. The van der Waals surface area contributed by atoms with E-state index in [2.05, 4.69) is 41.0 Å². The molecular formula is C13H8ClN2ORe-. The average Bonchev–Trinajstić information content (AvgIpc) is 2.51. The van der Waals surface area contributed by atoms with Crippen molar-refractivity contribution in [2.75, 3.05) is 0 Å². The molecule has 0 spiro atoms. The maximum absolute atomic E-state index is 7.50. The fourth-order valence-corrected chi connectivity index (χ4v) is 1.68. The van der Waals surface area contributed by atoms with Gasteiger partial charge in [-0.2, -0.15) is 0 Å². The van der Waals surface area contributed by atoms with Crippen LogP contribution in [0, 0.1) is 0 Å². The van der Waals surface area contributed by atoms with E-state index in [0.29, 0.717) is 0 Å². The molecule has 0 saturated heterocycles. The zero-order valence-electron chi connectivity index (χ0n) is 9.18. The van der Waals surface area contributed by atoms with Crippen LogP contribution in [-0.4, -0.2) is 16.8 Å². The predicted molar refractivity (Wildman–Crippen MR) is 68.6 cm³/mol. The Morgan fingerprint density at radius 1 is 0.833 bits per heavy atom. The number of hydrogen-bond acceptors (Lipinski definition) is 3. The Balaban J connectivity index is 0.000000371. The minimum Gasteiger partial charge on any atom is -0.254 e. The van der Waals surface area contributed by atoms with E-state index in [9.17, 15) is 0 Å². The summed E-state index contributed by atoms with van der Waals surface area (Å²) in [4.78, 5) is 16.2. The largest absolute Gasteiger partial charge is 0.254 e. The molecule has 0 amide bonds. The minimum absolute atomic E-state index is 0.977. The van der Waals surface area contributed by atoms with Crippen LogP contribution < -0.4 is 0 Å². The summed E-state index contributed by atoms with van der Waals surface area (Å²) in [5.41, 5.74) is 1.95. The Labute approximate surface area is 120 Å². The van der Waals surface area contributed by atoms with Gasteiger partial charge in [-0.25, -0.2) is 0 Å². The van der Waals surface area contributed by atoms with Crippen LogP contribution in [0.2, 0.25) is 0 Å². The summed E-state index contributed by atoms with van der Waals surface area (Å²) in [6.45, 7) is 4.50. The first-order valence-electron chi connectivity index (χ1n) is 4.88. The van der Waals surface area contributed by atoms with Crippen LogP contribution in [0.4, 0.5) is 0 Å². The third-order valence-electron chi connectivity index (χ3n) is 2.34. The fraction of sp³-hybridized carbons (Fsp3) is 0. The molecule has 0 atom stereocenters. The smallest absolute Gasteiger partial charge is 0.0964 e. The molecule has 0 aliphatic carbocycles. The van der Waals surface area contributed by atoms with Crippen LogP contribution in [0.3, 0.4) is 0 Å². The summed E-state index contributed by atoms with van der Waals surface area (Å²) in [6, 6.07) is 12.1. The molecule has 0 N–H and O–H groups in total. The number of carbonyl (C=O) groups excluding carboxylic acids is 1. The van der Waals surface area contributed by atoms with Crippen molar-refractivity contribution in [3.8, 4) is 0 Å². The average molecular weight is 430 g/mol. The van der Waals surface area contributed by atoms with Gasteiger partial charge in [0, 0.05) is 23.2 Å². The summed E-state index contributed by atoms with van der Waals surface area (Å²) >= 11 is 1.19. The Bertz CT molecular complexity index is 578. The summed E-state index contributed by atoms with van der Waals surface area (Å²) in [5.74, 6) is 0. The third-order valence-corrected chi connectivity index (χ3v) is 2.34. The number of fused-ring (bicyclic) bond motifs is 3. The van der Waals surface area contributed by atoms with Crippen molar-refractivity contribution in [3.63, 3.8) is 0 Å². The molecule has 18 heavy (non-hydrogen) atoms. The SMILES string of the molecule is [C-]=O.[Cl][Re].c1cnc2c(c1)ccc1cccnc12. The van der Waals surface area contributed by atoms with Crippen molar-refractivity contribution in [1.82, 2.24) is 9.97 Å². The topological polar surface area (TPSA) is 42.9 Å². The Morgan fingerprint density at radius 3 is 1.61 bits per heavy atom. The van der Waals surface area contributed by atoms with Crippen LogP contribution in [-0.2, 0) is 23.0 Å². The van der Waals surface area contributed by atoms with Crippen LogP contribution >= 0.6 is 9.53 Å². The van der Waals surface area contributed by atoms with Crippen LogP contribution in [0.25, 0.3) is 21.8 Å². The van der Waals surface area contributed by atoms with E-state index in [1.54, 1.807) is 12.4 Å². The Morgan fingerprint density at radius 2 is 1.22 bits per heavy atom. The van der Waals surface area contributed by atoms with E-state index in [0.717, 1.165) is 21.8 Å². The first kappa shape index (κ1) is 14.7. The van der Waals surface area contributed by atoms with Crippen molar-refractivity contribution < 1.29 is 23.0 Å². The van der Waals surface area contributed by atoms with Gasteiger partial charge in [0.1, 0.15) is 0 Å². The molecule has 0 bridgehead atoms. The molecule has 2 heterocycles. The van der Waals surface area contributed by atoms with Gasteiger partial charge in [0.05, 0.1) is 11.0 Å². The number of benzene rings is 1. The van der Waals surface area contributed by atoms with Crippen molar-refractivity contribution in [1.29, 1.82) is 0 Å². The molecule has 0 unspecified atom stereocenters. The number of pyridine rings is 2. The van der Waals surface area contributed by atoms with E-state index in [1.165, 1.54) is 18.2 Å². The zero-order valence-corrected chi connectivity index (χ0v) is 12.6. The number of hydrogen-bond donors (Lipinski definition) is 0. The second-order valence-corrected chi connectivity index (χ2v) is 3.22. The summed E-state index contributed by atoms with van der Waals surface area (Å²) in [5, 5.41) is 2.28. The van der Waals surface area contributed by atoms with Gasteiger partial charge in [-0.1, -0.05) is 24.3 Å².